The highest BCUT2D eigenvalue weighted by Crippen LogP contribution is 2.44. The van der Waals surface area contributed by atoms with Crippen molar-refractivity contribution in [1.29, 1.82) is 0 Å². The van der Waals surface area contributed by atoms with Gasteiger partial charge in [-0.15, -0.1) is 6.58 Å². The number of ether oxygens (including phenoxy) is 1. The van der Waals surface area contributed by atoms with Gasteiger partial charge in [-0.2, -0.15) is 0 Å². The van der Waals surface area contributed by atoms with Gasteiger partial charge in [0.2, 0.25) is 5.91 Å². The van der Waals surface area contributed by atoms with Crippen LogP contribution in [-0.2, 0) is 11.2 Å². The van der Waals surface area contributed by atoms with E-state index in [1.807, 2.05) is 6.08 Å². The van der Waals surface area contributed by atoms with Gasteiger partial charge in [0.1, 0.15) is 5.75 Å². The summed E-state index contributed by atoms with van der Waals surface area (Å²) in [6.07, 6.45) is 5.80. The number of aromatic nitrogens is 1. The number of amides is 2. The Bertz CT molecular complexity index is 1380. The minimum absolute atomic E-state index is 0.0330. The van der Waals surface area contributed by atoms with Crippen LogP contribution in [0.1, 0.15) is 29.9 Å². The molecule has 2 aromatic carbocycles. The second kappa shape index (κ2) is 11.3. The first-order valence-electron chi connectivity index (χ1n) is 13.2. The number of H-pyrrole nitrogens is 1. The molecule has 1 fully saturated rings. The van der Waals surface area contributed by atoms with Gasteiger partial charge in [0, 0.05) is 74.4 Å². The van der Waals surface area contributed by atoms with E-state index in [9.17, 15) is 19.7 Å². The number of aromatic amines is 1. The first-order chi connectivity index (χ1) is 18.9. The summed E-state index contributed by atoms with van der Waals surface area (Å²) >= 11 is 0. The molecule has 2 aliphatic rings. The first-order valence-corrected chi connectivity index (χ1v) is 13.2. The highest BCUT2D eigenvalue weighted by molar-refractivity contribution is 5.88. The fourth-order valence-electron chi connectivity index (χ4n) is 5.94. The molecule has 2 N–H and O–H groups in total. The third kappa shape index (κ3) is 5.51. The van der Waals surface area contributed by atoms with Crippen LogP contribution in [0, 0.1) is 16.0 Å². The molecule has 0 saturated carbocycles. The van der Waals surface area contributed by atoms with E-state index in [1.54, 1.807) is 7.05 Å². The van der Waals surface area contributed by atoms with Gasteiger partial charge in [-0.3, -0.25) is 19.8 Å². The van der Waals surface area contributed by atoms with Crippen molar-refractivity contribution < 1.29 is 19.2 Å². The molecule has 5 rings (SSSR count). The predicted octanol–water partition coefficient (Wildman–Crippen LogP) is 4.23. The fourth-order valence-corrected chi connectivity index (χ4v) is 5.94. The number of non-ortho nitro benzene ring substituents is 1. The van der Waals surface area contributed by atoms with E-state index in [0.29, 0.717) is 32.1 Å². The normalized spacial score (nSPS) is 20.2. The molecule has 0 bridgehead atoms. The largest absolute Gasteiger partial charge is 0.414 e. The van der Waals surface area contributed by atoms with E-state index in [1.165, 1.54) is 45.7 Å². The van der Waals surface area contributed by atoms with Crippen molar-refractivity contribution in [2.45, 2.75) is 31.2 Å². The molecule has 10 nitrogen and oxygen atoms in total. The monoisotopic (exact) mass is 531 g/mol. The summed E-state index contributed by atoms with van der Waals surface area (Å²) < 4.78 is 5.27. The Morgan fingerprint density at radius 3 is 2.82 bits per heavy atom. The molecule has 2 amide bonds. The Morgan fingerprint density at radius 1 is 1.28 bits per heavy atom. The Balaban J connectivity index is 1.14. The molecule has 10 heteroatoms. The Kier molecular flexibility index (Phi) is 7.65. The van der Waals surface area contributed by atoms with Crippen molar-refractivity contribution in [1.82, 2.24) is 20.1 Å². The number of hydrogen-bond donors (Lipinski definition) is 2. The number of carbonyl (C=O) groups excluding carboxylic acids is 2. The lowest BCUT2D eigenvalue weighted by molar-refractivity contribution is -0.384. The maximum Gasteiger partial charge on any atom is 0.414 e. The molecule has 2 heterocycles. The number of hydrogen-bond acceptors (Lipinski definition) is 6. The van der Waals surface area contributed by atoms with Crippen LogP contribution in [0.25, 0.3) is 10.9 Å². The van der Waals surface area contributed by atoms with E-state index in [-0.39, 0.29) is 29.2 Å². The Labute approximate surface area is 226 Å². The highest BCUT2D eigenvalue weighted by atomic mass is 16.6. The maximum atomic E-state index is 13.2. The number of nitrogens with one attached hydrogen (secondary N) is 2. The molecule has 1 aliphatic carbocycles. The minimum atomic E-state index is -0.566. The van der Waals surface area contributed by atoms with Crippen LogP contribution in [0.15, 0.2) is 61.3 Å². The van der Waals surface area contributed by atoms with Crippen LogP contribution in [0.5, 0.6) is 5.75 Å². The number of rotatable bonds is 9. The van der Waals surface area contributed by atoms with Gasteiger partial charge in [0.05, 0.1) is 10.8 Å². The van der Waals surface area contributed by atoms with E-state index >= 15 is 0 Å². The van der Waals surface area contributed by atoms with Crippen LogP contribution in [0.2, 0.25) is 0 Å². The van der Waals surface area contributed by atoms with Crippen molar-refractivity contribution in [2.75, 3.05) is 33.2 Å². The standard InChI is InChI=1S/C29H33N5O5/c1-3-13-33-18-20(15-24-23-6-4-7-25-27(23)19(17-31-25)16-26(24)33)28(35)30-12-5-14-32(2)29(36)39-22-10-8-21(9-11-22)34(37)38/h3-4,6-11,17,20,24,26,31H,1,5,12-16,18H2,2H3,(H,30,35)/t20-,24-,26-/m1/s1. The molecule has 1 saturated heterocycles. The fraction of sp³-hybridized carbons (Fsp3) is 0.379. The average Bonchev–Trinajstić information content (AvgIpc) is 3.35. The third-order valence-electron chi connectivity index (χ3n) is 7.84. The molecule has 0 spiro atoms. The van der Waals surface area contributed by atoms with Crippen molar-refractivity contribution in [3.05, 3.63) is 82.6 Å². The Hall–Kier alpha value is -4.18. The molecule has 39 heavy (non-hydrogen) atoms. The maximum absolute atomic E-state index is 13.2. The second-order valence-corrected chi connectivity index (χ2v) is 10.3. The number of nitro groups is 1. The highest BCUT2D eigenvalue weighted by Gasteiger charge is 2.42. The van der Waals surface area contributed by atoms with Crippen LogP contribution < -0.4 is 10.1 Å². The van der Waals surface area contributed by atoms with Crippen LogP contribution in [-0.4, -0.2) is 71.0 Å². The summed E-state index contributed by atoms with van der Waals surface area (Å²) in [6.45, 7) is 6.21. The number of likely N-dealkylation sites (tertiary alicyclic amines) is 1. The minimum Gasteiger partial charge on any atom is -0.410 e. The molecule has 1 aliphatic heterocycles. The lowest BCUT2D eigenvalue weighted by Gasteiger charge is -2.46. The average molecular weight is 532 g/mol. The lowest BCUT2D eigenvalue weighted by atomic mass is 9.72. The number of carbonyl (C=O) groups is 2. The van der Waals surface area contributed by atoms with Crippen molar-refractivity contribution in [2.24, 2.45) is 5.92 Å². The molecule has 0 radical (unpaired) electrons. The summed E-state index contributed by atoms with van der Waals surface area (Å²) in [4.78, 5) is 43.1. The zero-order valence-corrected chi connectivity index (χ0v) is 22.0. The third-order valence-corrected chi connectivity index (χ3v) is 7.84. The molecular formula is C29H33N5O5. The quantitative estimate of drug-likeness (QED) is 0.185. The van der Waals surface area contributed by atoms with Gasteiger partial charge in [-0.25, -0.2) is 4.79 Å². The van der Waals surface area contributed by atoms with Crippen LogP contribution in [0.3, 0.4) is 0 Å². The molecule has 1 aromatic heterocycles. The molecule has 3 atom stereocenters. The van der Waals surface area contributed by atoms with Gasteiger partial charge in [0.15, 0.2) is 0 Å². The topological polar surface area (TPSA) is 121 Å². The van der Waals surface area contributed by atoms with Crippen LogP contribution in [0.4, 0.5) is 10.5 Å². The molecule has 0 unspecified atom stereocenters. The summed E-state index contributed by atoms with van der Waals surface area (Å²) in [5, 5.41) is 15.1. The Morgan fingerprint density at radius 2 is 2.08 bits per heavy atom. The first kappa shape index (κ1) is 26.4. The molecule has 3 aromatic rings. The summed E-state index contributed by atoms with van der Waals surface area (Å²) in [6, 6.07) is 12.1. The lowest BCUT2D eigenvalue weighted by Crippen LogP contribution is -2.53. The SMILES string of the molecule is C=CCN1C[C@H](C(=O)NCCCN(C)C(=O)Oc2ccc([N+](=O)[O-])cc2)C[C@@H]2c3cccc4[nH]cc(c34)C[C@H]21. The number of piperidine rings is 1. The van der Waals surface area contributed by atoms with Crippen molar-refractivity contribution in [3.63, 3.8) is 0 Å². The number of fused-ring (bicyclic) bond motifs is 2. The zero-order chi connectivity index (χ0) is 27.5. The van der Waals surface area contributed by atoms with Gasteiger partial charge >= 0.3 is 6.09 Å². The summed E-state index contributed by atoms with van der Waals surface area (Å²) in [5.74, 6) is 0.412. The van der Waals surface area contributed by atoms with Gasteiger partial charge < -0.3 is 19.9 Å². The van der Waals surface area contributed by atoms with Crippen molar-refractivity contribution >= 4 is 28.6 Å². The van der Waals surface area contributed by atoms with Gasteiger partial charge in [-0.1, -0.05) is 18.2 Å². The molecule has 204 valence electrons. The van der Waals surface area contributed by atoms with E-state index in [4.69, 9.17) is 4.74 Å². The summed E-state index contributed by atoms with van der Waals surface area (Å²) in [7, 11) is 1.61. The summed E-state index contributed by atoms with van der Waals surface area (Å²) in [5.41, 5.74) is 3.74. The van der Waals surface area contributed by atoms with E-state index in [0.717, 1.165) is 24.9 Å². The van der Waals surface area contributed by atoms with Gasteiger partial charge in [-0.05, 0) is 48.6 Å². The smallest absolute Gasteiger partial charge is 0.410 e. The second-order valence-electron chi connectivity index (χ2n) is 10.3. The zero-order valence-electron chi connectivity index (χ0n) is 22.0. The number of nitrogens with zero attached hydrogens (tertiary/aromatic N) is 3. The molecular weight excluding hydrogens is 498 g/mol. The van der Waals surface area contributed by atoms with E-state index < -0.39 is 11.0 Å². The predicted molar refractivity (Wildman–Crippen MR) is 148 cm³/mol. The van der Waals surface area contributed by atoms with Gasteiger partial charge in [0.25, 0.3) is 5.69 Å². The number of benzene rings is 2. The van der Waals surface area contributed by atoms with Crippen LogP contribution >= 0.6 is 0 Å². The van der Waals surface area contributed by atoms with E-state index in [2.05, 4.69) is 46.2 Å². The number of nitro benzene ring substituents is 1. The van der Waals surface area contributed by atoms with Crippen molar-refractivity contribution in [3.8, 4) is 5.75 Å².